The first-order valence-electron chi connectivity index (χ1n) is 7.56. The second-order valence-electron chi connectivity index (χ2n) is 4.99. The van der Waals surface area contributed by atoms with Gasteiger partial charge in [0, 0.05) is 39.4 Å². The van der Waals surface area contributed by atoms with Crippen molar-refractivity contribution in [2.75, 3.05) is 32.4 Å². The van der Waals surface area contributed by atoms with Crippen LogP contribution in [0.5, 0.6) is 17.2 Å². The zero-order valence-electron chi connectivity index (χ0n) is 14.3. The van der Waals surface area contributed by atoms with Crippen LogP contribution in [0.3, 0.4) is 0 Å². The van der Waals surface area contributed by atoms with Crippen molar-refractivity contribution in [2.45, 2.75) is 11.3 Å². The molecule has 0 aromatic heterocycles. The van der Waals surface area contributed by atoms with E-state index in [0.717, 1.165) is 9.37 Å². The molecule has 0 aliphatic carbocycles. The Bertz CT molecular complexity index is 714. The van der Waals surface area contributed by atoms with Gasteiger partial charge in [0.1, 0.15) is 0 Å². The molecular weight excluding hydrogens is 406 g/mol. The molecule has 0 saturated carbocycles. The third-order valence-electron chi connectivity index (χ3n) is 3.37. The molecule has 1 N–H and O–H groups in total. The first kappa shape index (κ1) is 19.5. The summed E-state index contributed by atoms with van der Waals surface area (Å²) >= 11 is 5.13. The monoisotopic (exact) mass is 425 g/mol. The summed E-state index contributed by atoms with van der Waals surface area (Å²) in [6.45, 7) is 0. The van der Waals surface area contributed by atoms with Crippen LogP contribution in [0.1, 0.15) is 6.42 Å². The van der Waals surface area contributed by atoms with Gasteiger partial charge in [-0.05, 0) is 28.1 Å². The molecule has 7 heteroatoms. The Balaban J connectivity index is 1.97. The number of benzene rings is 2. The summed E-state index contributed by atoms with van der Waals surface area (Å²) in [5, 5.41) is 2.86. The van der Waals surface area contributed by atoms with Crippen LogP contribution in [0.2, 0.25) is 0 Å². The highest BCUT2D eigenvalue weighted by molar-refractivity contribution is 9.10. The second-order valence-corrected chi connectivity index (χ2v) is 6.98. The number of ether oxygens (including phenoxy) is 3. The zero-order chi connectivity index (χ0) is 18.2. The van der Waals surface area contributed by atoms with E-state index in [0.29, 0.717) is 35.1 Å². The molecule has 0 aliphatic heterocycles. The Morgan fingerprint density at radius 2 is 1.72 bits per heavy atom. The van der Waals surface area contributed by atoms with Crippen molar-refractivity contribution in [1.82, 2.24) is 0 Å². The number of carbonyl (C=O) groups excluding carboxylic acids is 1. The fourth-order valence-electron chi connectivity index (χ4n) is 2.19. The van der Waals surface area contributed by atoms with Crippen LogP contribution in [-0.2, 0) is 4.79 Å². The van der Waals surface area contributed by atoms with E-state index in [9.17, 15) is 4.79 Å². The minimum absolute atomic E-state index is 0.0752. The van der Waals surface area contributed by atoms with Gasteiger partial charge < -0.3 is 19.5 Å². The molecule has 2 aromatic carbocycles. The number of methoxy groups -OCH3 is 3. The lowest BCUT2D eigenvalue weighted by molar-refractivity contribution is -0.115. The molecule has 0 bridgehead atoms. The fourth-order valence-corrected chi connectivity index (χ4v) is 3.71. The predicted molar refractivity (Wildman–Crippen MR) is 104 cm³/mol. The molecule has 1 amide bonds. The van der Waals surface area contributed by atoms with Crippen molar-refractivity contribution in [3.05, 3.63) is 40.9 Å². The van der Waals surface area contributed by atoms with Crippen LogP contribution in [0, 0.1) is 0 Å². The SMILES string of the molecule is COc1cc(NC(=O)CCSc2ccccc2Br)cc(OC)c1OC. The van der Waals surface area contributed by atoms with Gasteiger partial charge in [-0.2, -0.15) is 0 Å². The standard InChI is InChI=1S/C18H20BrNO4S/c1-22-14-10-12(11-15(23-2)18(14)24-3)20-17(21)8-9-25-16-7-5-4-6-13(16)19/h4-7,10-11H,8-9H2,1-3H3,(H,20,21). The van der Waals surface area contributed by atoms with Crippen molar-refractivity contribution in [3.63, 3.8) is 0 Å². The normalized spacial score (nSPS) is 10.2. The number of nitrogens with one attached hydrogen (secondary N) is 1. The number of anilines is 1. The van der Waals surface area contributed by atoms with E-state index < -0.39 is 0 Å². The molecule has 2 rings (SSSR count). The van der Waals surface area contributed by atoms with Crippen molar-refractivity contribution in [1.29, 1.82) is 0 Å². The van der Waals surface area contributed by atoms with Crippen LogP contribution in [0.4, 0.5) is 5.69 Å². The van der Waals surface area contributed by atoms with Crippen molar-refractivity contribution < 1.29 is 19.0 Å². The Morgan fingerprint density at radius 1 is 1.08 bits per heavy atom. The molecule has 0 unspecified atom stereocenters. The van der Waals surface area contributed by atoms with Gasteiger partial charge in [0.25, 0.3) is 0 Å². The van der Waals surface area contributed by atoms with Crippen LogP contribution in [0.25, 0.3) is 0 Å². The minimum atomic E-state index is -0.0752. The number of halogens is 1. The van der Waals surface area contributed by atoms with E-state index in [-0.39, 0.29) is 5.91 Å². The highest BCUT2D eigenvalue weighted by atomic mass is 79.9. The van der Waals surface area contributed by atoms with Crippen molar-refractivity contribution in [3.8, 4) is 17.2 Å². The van der Waals surface area contributed by atoms with E-state index in [1.807, 2.05) is 24.3 Å². The molecule has 0 aliphatic rings. The summed E-state index contributed by atoms with van der Waals surface area (Å²) in [4.78, 5) is 13.3. The first-order valence-corrected chi connectivity index (χ1v) is 9.34. The number of carbonyl (C=O) groups is 1. The van der Waals surface area contributed by atoms with Gasteiger partial charge in [0.05, 0.1) is 21.3 Å². The minimum Gasteiger partial charge on any atom is -0.493 e. The van der Waals surface area contributed by atoms with E-state index in [2.05, 4.69) is 21.2 Å². The maximum absolute atomic E-state index is 12.2. The Hall–Kier alpha value is -1.86. The number of hydrogen-bond acceptors (Lipinski definition) is 5. The number of hydrogen-bond donors (Lipinski definition) is 1. The maximum atomic E-state index is 12.2. The van der Waals surface area contributed by atoms with Gasteiger partial charge in [-0.25, -0.2) is 0 Å². The first-order chi connectivity index (χ1) is 12.1. The average Bonchev–Trinajstić information content (AvgIpc) is 2.62. The third-order valence-corrected chi connectivity index (χ3v) is 5.40. The highest BCUT2D eigenvalue weighted by Gasteiger charge is 2.14. The van der Waals surface area contributed by atoms with Gasteiger partial charge in [-0.3, -0.25) is 4.79 Å². The lowest BCUT2D eigenvalue weighted by Crippen LogP contribution is -2.12. The molecule has 0 spiro atoms. The molecule has 0 atom stereocenters. The van der Waals surface area contributed by atoms with Crippen LogP contribution < -0.4 is 19.5 Å². The topological polar surface area (TPSA) is 56.8 Å². The Kier molecular flexibility index (Phi) is 7.46. The third kappa shape index (κ3) is 5.31. The van der Waals surface area contributed by atoms with Gasteiger partial charge in [-0.15, -0.1) is 11.8 Å². The van der Waals surface area contributed by atoms with Gasteiger partial charge in [-0.1, -0.05) is 12.1 Å². The largest absolute Gasteiger partial charge is 0.493 e. The van der Waals surface area contributed by atoms with E-state index in [4.69, 9.17) is 14.2 Å². The lowest BCUT2D eigenvalue weighted by atomic mass is 10.2. The summed E-state index contributed by atoms with van der Waals surface area (Å²) in [7, 11) is 4.62. The molecule has 2 aromatic rings. The number of thioether (sulfide) groups is 1. The number of amides is 1. The molecule has 0 radical (unpaired) electrons. The predicted octanol–water partition coefficient (Wildman–Crippen LogP) is 4.60. The summed E-state index contributed by atoms with van der Waals surface area (Å²) in [5.41, 5.74) is 0.602. The highest BCUT2D eigenvalue weighted by Crippen LogP contribution is 2.40. The molecule has 134 valence electrons. The lowest BCUT2D eigenvalue weighted by Gasteiger charge is -2.14. The van der Waals surface area contributed by atoms with E-state index in [1.165, 1.54) is 21.3 Å². The Labute approximate surface area is 160 Å². The van der Waals surface area contributed by atoms with Gasteiger partial charge in [0.15, 0.2) is 11.5 Å². The zero-order valence-corrected chi connectivity index (χ0v) is 16.7. The number of rotatable bonds is 8. The Morgan fingerprint density at radius 3 is 2.28 bits per heavy atom. The summed E-state index contributed by atoms with van der Waals surface area (Å²) < 4.78 is 16.9. The fraction of sp³-hybridized carbons (Fsp3) is 0.278. The molecule has 0 fully saturated rings. The van der Waals surface area contributed by atoms with Crippen LogP contribution in [0.15, 0.2) is 45.8 Å². The van der Waals surface area contributed by atoms with Gasteiger partial charge in [0.2, 0.25) is 11.7 Å². The van der Waals surface area contributed by atoms with Gasteiger partial charge >= 0.3 is 0 Å². The molecule has 5 nitrogen and oxygen atoms in total. The molecule has 25 heavy (non-hydrogen) atoms. The molecule has 0 saturated heterocycles. The van der Waals surface area contributed by atoms with Crippen LogP contribution in [-0.4, -0.2) is 33.0 Å². The van der Waals surface area contributed by atoms with Crippen molar-refractivity contribution in [2.24, 2.45) is 0 Å². The van der Waals surface area contributed by atoms with E-state index in [1.54, 1.807) is 23.9 Å². The molecular formula is C18H20BrNO4S. The molecule has 0 heterocycles. The van der Waals surface area contributed by atoms with E-state index >= 15 is 0 Å². The smallest absolute Gasteiger partial charge is 0.225 e. The summed E-state index contributed by atoms with van der Waals surface area (Å²) in [6.07, 6.45) is 0.392. The summed E-state index contributed by atoms with van der Waals surface area (Å²) in [5.74, 6) is 2.10. The maximum Gasteiger partial charge on any atom is 0.225 e. The second kappa shape index (κ2) is 9.58. The van der Waals surface area contributed by atoms with Crippen molar-refractivity contribution >= 4 is 39.3 Å². The quantitative estimate of drug-likeness (QED) is 0.626. The average molecular weight is 426 g/mol. The van der Waals surface area contributed by atoms with Crippen LogP contribution >= 0.6 is 27.7 Å². The summed E-state index contributed by atoms with van der Waals surface area (Å²) in [6, 6.07) is 11.4.